The summed E-state index contributed by atoms with van der Waals surface area (Å²) in [5.74, 6) is -1.99. The van der Waals surface area contributed by atoms with Crippen LogP contribution in [0, 0.1) is 47.1 Å². The predicted molar refractivity (Wildman–Crippen MR) is 70.8 cm³/mol. The highest BCUT2D eigenvalue weighted by Gasteiger charge is 2.24. The molecule has 0 unspecified atom stereocenters. The van der Waals surface area contributed by atoms with Crippen LogP contribution in [0.5, 0.6) is 0 Å². The van der Waals surface area contributed by atoms with E-state index in [0.29, 0.717) is 23.5 Å². The lowest BCUT2D eigenvalue weighted by molar-refractivity contribution is 0.355. The molecule has 0 aromatic heterocycles. The molecule has 1 aromatic rings. The van der Waals surface area contributed by atoms with Crippen molar-refractivity contribution < 1.29 is 8.78 Å². The minimum absolute atomic E-state index is 0.232. The molecule has 0 saturated heterocycles. The van der Waals surface area contributed by atoms with E-state index in [0.717, 1.165) is 25.7 Å². The second-order valence-corrected chi connectivity index (χ2v) is 5.41. The second kappa shape index (κ2) is 6.01. The number of hydrogen-bond acceptors (Lipinski definition) is 2. The molecule has 2 nitrogen and oxygen atoms in total. The van der Waals surface area contributed by atoms with Crippen LogP contribution in [0.2, 0.25) is 0 Å². The van der Waals surface area contributed by atoms with Crippen LogP contribution in [-0.4, -0.2) is 0 Å². The van der Waals surface area contributed by atoms with Gasteiger partial charge in [0.05, 0.1) is 11.1 Å². The average Bonchev–Trinajstić information content (AvgIpc) is 2.47. The lowest BCUT2D eigenvalue weighted by Crippen LogP contribution is -2.13. The topological polar surface area (TPSA) is 47.6 Å². The van der Waals surface area contributed by atoms with Gasteiger partial charge in [-0.1, -0.05) is 32.1 Å². The Morgan fingerprint density at radius 2 is 1.55 bits per heavy atom. The summed E-state index contributed by atoms with van der Waals surface area (Å²) in [7, 11) is 0. The number of hydrogen-bond donors (Lipinski definition) is 0. The summed E-state index contributed by atoms with van der Waals surface area (Å²) < 4.78 is 27.6. The molecular weight excluding hydrogens is 258 g/mol. The van der Waals surface area contributed by atoms with Gasteiger partial charge >= 0.3 is 0 Å². The van der Waals surface area contributed by atoms with Gasteiger partial charge < -0.3 is 0 Å². The largest absolute Gasteiger partial charge is 0.202 e. The second-order valence-electron chi connectivity index (χ2n) is 5.41. The molecule has 0 radical (unpaired) electrons. The maximum atomic E-state index is 13.9. The summed E-state index contributed by atoms with van der Waals surface area (Å²) >= 11 is 0. The maximum absolute atomic E-state index is 13.9. The molecule has 2 rings (SSSR count). The molecule has 1 fully saturated rings. The Bertz CT molecular complexity index is 603. The Kier molecular flexibility index (Phi) is 4.35. The van der Waals surface area contributed by atoms with E-state index in [4.69, 9.17) is 10.5 Å². The molecule has 0 bridgehead atoms. The molecule has 1 saturated carbocycles. The fourth-order valence-corrected chi connectivity index (χ4v) is 3.04. The van der Waals surface area contributed by atoms with Crippen molar-refractivity contribution in [3.05, 3.63) is 33.9 Å². The van der Waals surface area contributed by atoms with Gasteiger partial charge in [-0.2, -0.15) is 10.5 Å². The van der Waals surface area contributed by atoms with Crippen LogP contribution in [0.25, 0.3) is 0 Å². The Hall–Kier alpha value is -1.94. The van der Waals surface area contributed by atoms with Gasteiger partial charge in [-0.05, 0) is 30.4 Å². The van der Waals surface area contributed by atoms with Crippen molar-refractivity contribution in [3.63, 3.8) is 0 Å². The first kappa shape index (κ1) is 14.5. The normalized spacial score (nSPS) is 15.7. The third kappa shape index (κ3) is 2.51. The number of halogens is 2. The van der Waals surface area contributed by atoms with Crippen molar-refractivity contribution in [2.24, 2.45) is 5.92 Å². The summed E-state index contributed by atoms with van der Waals surface area (Å²) in [6.07, 6.45) is 6.14. The third-order valence-corrected chi connectivity index (χ3v) is 4.20. The predicted octanol–water partition coefficient (Wildman–Crippen LogP) is 4.14. The fraction of sp³-hybridized carbons (Fsp3) is 0.500. The van der Waals surface area contributed by atoms with E-state index in [1.165, 1.54) is 6.42 Å². The molecular formula is C16H16F2N2. The van der Waals surface area contributed by atoms with E-state index in [9.17, 15) is 8.78 Å². The maximum Gasteiger partial charge on any atom is 0.178 e. The highest BCUT2D eigenvalue weighted by molar-refractivity contribution is 5.52. The molecule has 1 aliphatic rings. The zero-order valence-corrected chi connectivity index (χ0v) is 11.5. The highest BCUT2D eigenvalue weighted by atomic mass is 19.2. The lowest BCUT2D eigenvalue weighted by Gasteiger charge is -2.23. The van der Waals surface area contributed by atoms with Crippen LogP contribution in [0.3, 0.4) is 0 Å². The molecule has 4 heteroatoms. The molecule has 20 heavy (non-hydrogen) atoms. The van der Waals surface area contributed by atoms with Crippen molar-refractivity contribution in [2.75, 3.05) is 0 Å². The number of rotatable bonds is 2. The third-order valence-electron chi connectivity index (χ3n) is 4.20. The van der Waals surface area contributed by atoms with E-state index in [-0.39, 0.29) is 11.1 Å². The molecule has 0 atom stereocenters. The van der Waals surface area contributed by atoms with Crippen molar-refractivity contribution in [2.45, 2.75) is 45.4 Å². The van der Waals surface area contributed by atoms with Gasteiger partial charge in [0, 0.05) is 0 Å². The van der Waals surface area contributed by atoms with Crippen LogP contribution in [0.1, 0.15) is 54.4 Å². The zero-order valence-electron chi connectivity index (χ0n) is 11.5. The van der Waals surface area contributed by atoms with Crippen molar-refractivity contribution in [3.8, 4) is 12.1 Å². The molecule has 0 N–H and O–H groups in total. The first-order valence-electron chi connectivity index (χ1n) is 6.90. The van der Waals surface area contributed by atoms with Gasteiger partial charge in [-0.3, -0.25) is 0 Å². The number of nitriles is 2. The number of benzene rings is 1. The van der Waals surface area contributed by atoms with Crippen LogP contribution in [-0.2, 0) is 6.42 Å². The van der Waals surface area contributed by atoms with Crippen molar-refractivity contribution >= 4 is 0 Å². The summed E-state index contributed by atoms with van der Waals surface area (Å²) in [4.78, 5) is 0. The lowest BCUT2D eigenvalue weighted by atomic mass is 9.82. The minimum atomic E-state index is -1.20. The molecule has 0 heterocycles. The van der Waals surface area contributed by atoms with Gasteiger partial charge in [0.15, 0.2) is 11.6 Å². The van der Waals surface area contributed by atoms with Crippen LogP contribution in [0.15, 0.2) is 0 Å². The fourth-order valence-electron chi connectivity index (χ4n) is 3.04. The minimum Gasteiger partial charge on any atom is -0.202 e. The molecule has 0 spiro atoms. The first-order valence-corrected chi connectivity index (χ1v) is 6.90. The quantitative estimate of drug-likeness (QED) is 0.813. The van der Waals surface area contributed by atoms with Gasteiger partial charge in [-0.25, -0.2) is 8.78 Å². The molecule has 0 amide bonds. The standard InChI is InChI=1S/C16H16F2N2/c1-10-12(7-11-5-3-2-4-6-11)14(9-20)16(18)15(17)13(10)8-19/h11H,2-7H2,1H3. The van der Waals surface area contributed by atoms with E-state index in [1.807, 2.05) is 0 Å². The molecule has 1 aromatic carbocycles. The van der Waals surface area contributed by atoms with Gasteiger partial charge in [0.25, 0.3) is 0 Å². The first-order chi connectivity index (χ1) is 9.60. The highest BCUT2D eigenvalue weighted by Crippen LogP contribution is 2.32. The van der Waals surface area contributed by atoms with E-state index < -0.39 is 11.6 Å². The summed E-state index contributed by atoms with van der Waals surface area (Å²) in [6.45, 7) is 1.60. The smallest absolute Gasteiger partial charge is 0.178 e. The molecule has 104 valence electrons. The zero-order chi connectivity index (χ0) is 14.7. The van der Waals surface area contributed by atoms with Crippen molar-refractivity contribution in [1.82, 2.24) is 0 Å². The summed E-state index contributed by atoms with van der Waals surface area (Å²) in [5.41, 5.74) is 0.417. The van der Waals surface area contributed by atoms with E-state index in [1.54, 1.807) is 19.1 Å². The van der Waals surface area contributed by atoms with Gasteiger partial charge in [0.1, 0.15) is 12.1 Å². The number of nitrogens with zero attached hydrogens (tertiary/aromatic N) is 2. The SMILES string of the molecule is Cc1c(C#N)c(F)c(F)c(C#N)c1CC1CCCCC1. The summed E-state index contributed by atoms with van der Waals surface area (Å²) in [5, 5.41) is 18.1. The van der Waals surface area contributed by atoms with Crippen LogP contribution < -0.4 is 0 Å². The van der Waals surface area contributed by atoms with E-state index >= 15 is 0 Å². The monoisotopic (exact) mass is 274 g/mol. The molecule has 1 aliphatic carbocycles. The van der Waals surface area contributed by atoms with Crippen LogP contribution >= 0.6 is 0 Å². The average molecular weight is 274 g/mol. The Morgan fingerprint density at radius 3 is 2.10 bits per heavy atom. The molecule has 0 aliphatic heterocycles. The van der Waals surface area contributed by atoms with Gasteiger partial charge in [-0.15, -0.1) is 0 Å². The Labute approximate surface area is 117 Å². The van der Waals surface area contributed by atoms with E-state index in [2.05, 4.69) is 0 Å². The summed E-state index contributed by atoms with van der Waals surface area (Å²) in [6, 6.07) is 3.47. The Balaban J connectivity index is 2.48. The van der Waals surface area contributed by atoms with Gasteiger partial charge in [0.2, 0.25) is 0 Å². The van der Waals surface area contributed by atoms with Crippen LogP contribution in [0.4, 0.5) is 8.78 Å². The van der Waals surface area contributed by atoms with Crippen molar-refractivity contribution in [1.29, 1.82) is 10.5 Å². The Morgan fingerprint density at radius 1 is 1.00 bits per heavy atom.